The highest BCUT2D eigenvalue weighted by molar-refractivity contribution is 5.60. The summed E-state index contributed by atoms with van der Waals surface area (Å²) in [5.74, 6) is 0.960. The molecule has 0 amide bonds. The van der Waals surface area contributed by atoms with E-state index in [4.69, 9.17) is 0 Å². The van der Waals surface area contributed by atoms with Gasteiger partial charge in [0.05, 0.1) is 5.69 Å². The van der Waals surface area contributed by atoms with Crippen LogP contribution in [0, 0.1) is 12.7 Å². The van der Waals surface area contributed by atoms with E-state index in [1.807, 2.05) is 0 Å². The van der Waals surface area contributed by atoms with Crippen molar-refractivity contribution >= 4 is 17.3 Å². The Labute approximate surface area is 98.9 Å². The first-order valence-electron chi connectivity index (χ1n) is 5.22. The molecule has 2 N–H and O–H groups in total. The zero-order valence-electron chi connectivity index (χ0n) is 9.66. The highest BCUT2D eigenvalue weighted by Gasteiger charge is 2.05. The molecule has 2 rings (SSSR count). The maximum atomic E-state index is 13.7. The lowest BCUT2D eigenvalue weighted by atomic mass is 10.2. The zero-order valence-corrected chi connectivity index (χ0v) is 9.66. The molecule has 2 aromatic rings. The number of anilines is 3. The molecular weight excluding hydrogens is 219 g/mol. The van der Waals surface area contributed by atoms with Gasteiger partial charge in [-0.05, 0) is 18.6 Å². The van der Waals surface area contributed by atoms with Crippen molar-refractivity contribution in [3.63, 3.8) is 0 Å². The van der Waals surface area contributed by atoms with Crippen LogP contribution in [0.15, 0.2) is 30.6 Å². The maximum absolute atomic E-state index is 13.7. The average Bonchev–Trinajstić information content (AvgIpc) is 2.35. The molecule has 1 aromatic carbocycles. The highest BCUT2D eigenvalue weighted by atomic mass is 19.1. The molecule has 5 heteroatoms. The Balaban J connectivity index is 2.28. The van der Waals surface area contributed by atoms with Crippen LogP contribution in [0.1, 0.15) is 5.56 Å². The highest BCUT2D eigenvalue weighted by Crippen LogP contribution is 2.21. The fourth-order valence-corrected chi connectivity index (χ4v) is 1.44. The molecule has 0 radical (unpaired) electrons. The standard InChI is InChI=1S/C12H13FN4/c1-8-4-3-5-9(12(8)13)17-11-6-10(14-2)15-7-16-11/h3-7H,1-2H3,(H2,14,15,16,17). The second-order valence-electron chi connectivity index (χ2n) is 3.60. The zero-order chi connectivity index (χ0) is 12.3. The summed E-state index contributed by atoms with van der Waals surface area (Å²) in [6.45, 7) is 1.72. The molecular formula is C12H13FN4. The molecule has 1 aromatic heterocycles. The molecule has 0 aliphatic heterocycles. The lowest BCUT2D eigenvalue weighted by molar-refractivity contribution is 0.622. The van der Waals surface area contributed by atoms with Crippen LogP contribution in [0.5, 0.6) is 0 Å². The Bertz CT molecular complexity index is 528. The maximum Gasteiger partial charge on any atom is 0.149 e. The van der Waals surface area contributed by atoms with Crippen molar-refractivity contribution < 1.29 is 4.39 Å². The molecule has 0 aliphatic carbocycles. The number of nitrogens with one attached hydrogen (secondary N) is 2. The van der Waals surface area contributed by atoms with Crippen molar-refractivity contribution in [1.29, 1.82) is 0 Å². The number of hydrogen-bond donors (Lipinski definition) is 2. The minimum Gasteiger partial charge on any atom is -0.373 e. The third-order valence-corrected chi connectivity index (χ3v) is 2.38. The van der Waals surface area contributed by atoms with Gasteiger partial charge in [0.2, 0.25) is 0 Å². The van der Waals surface area contributed by atoms with Crippen molar-refractivity contribution in [2.24, 2.45) is 0 Å². The van der Waals surface area contributed by atoms with E-state index >= 15 is 0 Å². The second-order valence-corrected chi connectivity index (χ2v) is 3.60. The molecule has 88 valence electrons. The molecule has 0 saturated carbocycles. The number of halogens is 1. The van der Waals surface area contributed by atoms with Crippen molar-refractivity contribution in [3.05, 3.63) is 42.0 Å². The first kappa shape index (κ1) is 11.3. The number of rotatable bonds is 3. The SMILES string of the molecule is CNc1cc(Nc2cccc(C)c2F)ncn1. The number of benzene rings is 1. The Kier molecular flexibility index (Phi) is 3.18. The summed E-state index contributed by atoms with van der Waals surface area (Å²) in [5.41, 5.74) is 1.00. The van der Waals surface area contributed by atoms with Crippen LogP contribution in [0.4, 0.5) is 21.7 Å². The van der Waals surface area contributed by atoms with Gasteiger partial charge in [0.15, 0.2) is 0 Å². The van der Waals surface area contributed by atoms with Crippen LogP contribution < -0.4 is 10.6 Å². The Hall–Kier alpha value is -2.17. The third-order valence-electron chi connectivity index (χ3n) is 2.38. The van der Waals surface area contributed by atoms with Crippen LogP contribution in [0.25, 0.3) is 0 Å². The van der Waals surface area contributed by atoms with Gasteiger partial charge in [-0.15, -0.1) is 0 Å². The van der Waals surface area contributed by atoms with Gasteiger partial charge >= 0.3 is 0 Å². The van der Waals surface area contributed by atoms with Crippen LogP contribution in [-0.2, 0) is 0 Å². The molecule has 0 fully saturated rings. The average molecular weight is 232 g/mol. The van der Waals surface area contributed by atoms with E-state index < -0.39 is 0 Å². The lowest BCUT2D eigenvalue weighted by Gasteiger charge is -2.08. The molecule has 1 heterocycles. The van der Waals surface area contributed by atoms with Crippen LogP contribution in [0.2, 0.25) is 0 Å². The topological polar surface area (TPSA) is 49.8 Å². The van der Waals surface area contributed by atoms with Crippen LogP contribution in [-0.4, -0.2) is 17.0 Å². The summed E-state index contributed by atoms with van der Waals surface area (Å²) in [6.07, 6.45) is 1.42. The number of aromatic nitrogens is 2. The number of hydrogen-bond acceptors (Lipinski definition) is 4. The molecule has 4 nitrogen and oxygen atoms in total. The van der Waals surface area contributed by atoms with Gasteiger partial charge in [0, 0.05) is 13.1 Å². The van der Waals surface area contributed by atoms with Crippen molar-refractivity contribution in [2.45, 2.75) is 6.92 Å². The van der Waals surface area contributed by atoms with Gasteiger partial charge in [-0.2, -0.15) is 0 Å². The normalized spacial score (nSPS) is 10.1. The third kappa shape index (κ3) is 2.50. The van der Waals surface area contributed by atoms with Crippen molar-refractivity contribution in [3.8, 4) is 0 Å². The summed E-state index contributed by atoms with van der Waals surface area (Å²) < 4.78 is 13.7. The predicted octanol–water partition coefficient (Wildman–Crippen LogP) is 2.71. The van der Waals surface area contributed by atoms with Crippen LogP contribution >= 0.6 is 0 Å². The molecule has 0 unspecified atom stereocenters. The van der Waals surface area contributed by atoms with Gasteiger partial charge in [-0.1, -0.05) is 12.1 Å². The Morgan fingerprint density at radius 2 is 1.94 bits per heavy atom. The largest absolute Gasteiger partial charge is 0.373 e. The van der Waals surface area contributed by atoms with Gasteiger partial charge in [-0.3, -0.25) is 0 Å². The van der Waals surface area contributed by atoms with Crippen molar-refractivity contribution in [1.82, 2.24) is 9.97 Å². The summed E-state index contributed by atoms with van der Waals surface area (Å²) >= 11 is 0. The molecule has 0 aliphatic rings. The second kappa shape index (κ2) is 4.78. The van der Waals surface area contributed by atoms with Gasteiger partial charge < -0.3 is 10.6 Å². The van der Waals surface area contributed by atoms with Gasteiger partial charge in [0.25, 0.3) is 0 Å². The van der Waals surface area contributed by atoms with E-state index in [0.29, 0.717) is 22.9 Å². The first-order valence-corrected chi connectivity index (χ1v) is 5.22. The quantitative estimate of drug-likeness (QED) is 0.854. The van der Waals surface area contributed by atoms with E-state index in [9.17, 15) is 4.39 Å². The minimum absolute atomic E-state index is 0.267. The lowest BCUT2D eigenvalue weighted by Crippen LogP contribution is -2.00. The van der Waals surface area contributed by atoms with Gasteiger partial charge in [-0.25, -0.2) is 14.4 Å². The van der Waals surface area contributed by atoms with E-state index in [-0.39, 0.29) is 5.82 Å². The van der Waals surface area contributed by atoms with E-state index in [1.165, 1.54) is 6.33 Å². The summed E-state index contributed by atoms with van der Waals surface area (Å²) in [6, 6.07) is 6.89. The molecule has 17 heavy (non-hydrogen) atoms. The minimum atomic E-state index is -0.267. The summed E-state index contributed by atoms with van der Waals surface area (Å²) in [7, 11) is 1.76. The molecule has 0 saturated heterocycles. The fourth-order valence-electron chi connectivity index (χ4n) is 1.44. The monoisotopic (exact) mass is 232 g/mol. The van der Waals surface area contributed by atoms with Crippen LogP contribution in [0.3, 0.4) is 0 Å². The van der Waals surface area contributed by atoms with Crippen molar-refractivity contribution in [2.75, 3.05) is 17.7 Å². The van der Waals surface area contributed by atoms with E-state index in [1.54, 1.807) is 38.2 Å². The smallest absolute Gasteiger partial charge is 0.149 e. The predicted molar refractivity (Wildman–Crippen MR) is 66.0 cm³/mol. The first-order chi connectivity index (χ1) is 8.20. The molecule has 0 atom stereocenters. The summed E-state index contributed by atoms with van der Waals surface area (Å²) in [5, 5.41) is 5.82. The number of nitrogens with zero attached hydrogens (tertiary/aromatic N) is 2. The fraction of sp³-hybridized carbons (Fsp3) is 0.167. The Morgan fingerprint density at radius 1 is 1.18 bits per heavy atom. The molecule has 0 bridgehead atoms. The Morgan fingerprint density at radius 3 is 2.71 bits per heavy atom. The van der Waals surface area contributed by atoms with E-state index in [0.717, 1.165) is 0 Å². The number of aryl methyl sites for hydroxylation is 1. The molecule has 0 spiro atoms. The summed E-state index contributed by atoms with van der Waals surface area (Å²) in [4.78, 5) is 8.01. The van der Waals surface area contributed by atoms with Gasteiger partial charge in [0.1, 0.15) is 23.8 Å². The van der Waals surface area contributed by atoms with E-state index in [2.05, 4.69) is 20.6 Å².